The van der Waals surface area contributed by atoms with Crippen LogP contribution in [0.15, 0.2) is 11.3 Å². The molecular formula is C21H25ClN8O. The minimum Gasteiger partial charge on any atom is -0.366 e. The van der Waals surface area contributed by atoms with E-state index >= 15 is 0 Å². The van der Waals surface area contributed by atoms with Gasteiger partial charge in [0.1, 0.15) is 23.5 Å². The van der Waals surface area contributed by atoms with Crippen molar-refractivity contribution in [3.05, 3.63) is 11.2 Å². The molecule has 2 fully saturated rings. The van der Waals surface area contributed by atoms with Crippen molar-refractivity contribution in [2.24, 2.45) is 16.9 Å². The Hall–Kier alpha value is -3.04. The summed E-state index contributed by atoms with van der Waals surface area (Å²) in [5, 5.41) is 22.0. The highest BCUT2D eigenvalue weighted by atomic mass is 35.5. The van der Waals surface area contributed by atoms with Gasteiger partial charge in [0.2, 0.25) is 11.9 Å². The first-order chi connectivity index (χ1) is 14.9. The second-order valence-electron chi connectivity index (χ2n) is 8.28. The highest BCUT2D eigenvalue weighted by Crippen LogP contribution is 2.39. The fourth-order valence-corrected chi connectivity index (χ4v) is 4.50. The first-order valence-corrected chi connectivity index (χ1v) is 10.8. The first kappa shape index (κ1) is 21.2. The predicted molar refractivity (Wildman–Crippen MR) is 118 cm³/mol. The van der Waals surface area contributed by atoms with Crippen LogP contribution in [0, 0.1) is 35.0 Å². The molecule has 162 valence electrons. The molecule has 10 heteroatoms. The van der Waals surface area contributed by atoms with E-state index in [9.17, 15) is 4.79 Å². The molecule has 31 heavy (non-hydrogen) atoms. The highest BCUT2D eigenvalue weighted by Gasteiger charge is 2.42. The third-order valence-corrected chi connectivity index (χ3v) is 6.39. The van der Waals surface area contributed by atoms with Crippen molar-refractivity contribution in [1.29, 1.82) is 5.26 Å². The maximum Gasteiger partial charge on any atom is 0.236 e. The van der Waals surface area contributed by atoms with E-state index in [1.807, 2.05) is 24.9 Å². The number of hydrazone groups is 1. The second kappa shape index (κ2) is 8.99. The maximum absolute atomic E-state index is 12.0. The van der Waals surface area contributed by atoms with Crippen LogP contribution in [-0.4, -0.2) is 70.3 Å². The largest absolute Gasteiger partial charge is 0.366 e. The molecule has 1 saturated heterocycles. The van der Waals surface area contributed by atoms with Gasteiger partial charge in [-0.15, -0.1) is 0 Å². The van der Waals surface area contributed by atoms with E-state index in [1.165, 1.54) is 0 Å². The smallest absolute Gasteiger partial charge is 0.236 e. The van der Waals surface area contributed by atoms with E-state index in [0.717, 1.165) is 25.9 Å². The van der Waals surface area contributed by atoms with Crippen molar-refractivity contribution in [2.75, 3.05) is 30.8 Å². The summed E-state index contributed by atoms with van der Waals surface area (Å²) in [4.78, 5) is 22.6. The average Bonchev–Trinajstić information content (AvgIpc) is 3.26. The lowest BCUT2D eigenvalue weighted by atomic mass is 10.0. The number of amides is 1. The zero-order chi connectivity index (χ0) is 22.0. The van der Waals surface area contributed by atoms with E-state index < -0.39 is 0 Å². The average molecular weight is 441 g/mol. The van der Waals surface area contributed by atoms with Gasteiger partial charge in [0.25, 0.3) is 0 Å². The van der Waals surface area contributed by atoms with Gasteiger partial charge in [0, 0.05) is 26.2 Å². The summed E-state index contributed by atoms with van der Waals surface area (Å²) >= 11 is 6.34. The van der Waals surface area contributed by atoms with Gasteiger partial charge < -0.3 is 15.5 Å². The van der Waals surface area contributed by atoms with Gasteiger partial charge in [-0.3, -0.25) is 9.80 Å². The Morgan fingerprint density at radius 3 is 2.77 bits per heavy atom. The monoisotopic (exact) mass is 440 g/mol. The quantitative estimate of drug-likeness (QED) is 0.671. The molecule has 2 unspecified atom stereocenters. The van der Waals surface area contributed by atoms with Crippen molar-refractivity contribution >= 4 is 35.5 Å². The molecule has 1 amide bonds. The molecule has 0 spiro atoms. The SMILES string of the molecule is C[C@H]1C#CC(Nc2ncc(Cl)c(N[C@@H]3CC4CN(C(=O)CC#N)C[C@@H]4C3)n2)C=NN1C. The van der Waals surface area contributed by atoms with Crippen LogP contribution in [0.5, 0.6) is 0 Å². The number of aromatic nitrogens is 2. The van der Waals surface area contributed by atoms with Gasteiger partial charge in [-0.2, -0.15) is 15.3 Å². The molecule has 0 aromatic carbocycles. The molecule has 1 aromatic heterocycles. The fraction of sp³-hybridized carbons (Fsp3) is 0.571. The third kappa shape index (κ3) is 4.83. The van der Waals surface area contributed by atoms with Crippen LogP contribution in [-0.2, 0) is 4.79 Å². The number of nitrogens with one attached hydrogen (secondary N) is 2. The Morgan fingerprint density at radius 2 is 2.06 bits per heavy atom. The molecule has 1 saturated carbocycles. The number of hydrogen-bond acceptors (Lipinski definition) is 8. The van der Waals surface area contributed by atoms with Gasteiger partial charge in [0.05, 0.1) is 18.5 Å². The number of hydrogen-bond donors (Lipinski definition) is 2. The summed E-state index contributed by atoms with van der Waals surface area (Å²) in [6.45, 7) is 3.43. The predicted octanol–water partition coefficient (Wildman–Crippen LogP) is 1.80. The third-order valence-electron chi connectivity index (χ3n) is 6.11. The molecule has 2 N–H and O–H groups in total. The highest BCUT2D eigenvalue weighted by molar-refractivity contribution is 6.32. The zero-order valence-electron chi connectivity index (χ0n) is 17.5. The molecule has 3 heterocycles. The second-order valence-corrected chi connectivity index (χ2v) is 8.69. The summed E-state index contributed by atoms with van der Waals surface area (Å²) in [5.74, 6) is 8.10. The Labute approximate surface area is 186 Å². The molecule has 1 aliphatic carbocycles. The number of nitrogens with zero attached hydrogens (tertiary/aromatic N) is 6. The molecule has 9 nitrogen and oxygen atoms in total. The Bertz CT molecular complexity index is 966. The van der Waals surface area contributed by atoms with Crippen molar-refractivity contribution in [2.45, 2.75) is 44.3 Å². The van der Waals surface area contributed by atoms with Gasteiger partial charge >= 0.3 is 0 Å². The topological polar surface area (TPSA) is 110 Å². The number of carbonyl (C=O) groups is 1. The van der Waals surface area contributed by atoms with Gasteiger partial charge in [-0.25, -0.2) is 4.98 Å². The first-order valence-electron chi connectivity index (χ1n) is 10.4. The number of anilines is 2. The minimum absolute atomic E-state index is 0.0411. The Kier molecular flexibility index (Phi) is 6.15. The lowest BCUT2D eigenvalue weighted by Crippen LogP contribution is -2.30. The molecule has 1 aromatic rings. The van der Waals surface area contributed by atoms with Crippen molar-refractivity contribution in [3.8, 4) is 17.9 Å². The van der Waals surface area contributed by atoms with E-state index in [2.05, 4.69) is 37.5 Å². The molecule has 3 aliphatic rings. The Balaban J connectivity index is 1.37. The number of rotatable bonds is 5. The molecule has 5 atom stereocenters. The molecule has 0 bridgehead atoms. The summed E-state index contributed by atoms with van der Waals surface area (Å²) < 4.78 is 0. The Morgan fingerprint density at radius 1 is 1.32 bits per heavy atom. The number of likely N-dealkylation sites (tertiary alicyclic amines) is 1. The minimum atomic E-state index is -0.288. The number of carbonyl (C=O) groups excluding carboxylic acids is 1. The summed E-state index contributed by atoms with van der Waals surface area (Å²) in [5.41, 5.74) is 0. The van der Waals surface area contributed by atoms with Crippen LogP contribution in [0.3, 0.4) is 0 Å². The summed E-state index contributed by atoms with van der Waals surface area (Å²) in [7, 11) is 1.88. The van der Waals surface area contributed by atoms with Crippen LogP contribution >= 0.6 is 11.6 Å². The number of nitriles is 1. The standard InChI is InChI=1S/C21H25ClN8O/c1-13-3-4-16(9-25-29(13)2)27-21-24-10-18(22)20(28-21)26-17-7-14-11-30(12-15(14)8-17)19(31)5-6-23/h9-10,13-17H,5,7-8,11-12H2,1-2H3,(H2,24,26,27,28)/t13-,14-,15?,16?,17-/m0/s1. The van der Waals surface area contributed by atoms with E-state index in [4.69, 9.17) is 16.9 Å². The molecule has 2 aliphatic heterocycles. The number of halogens is 1. The van der Waals surface area contributed by atoms with Crippen molar-refractivity contribution in [3.63, 3.8) is 0 Å². The van der Waals surface area contributed by atoms with Crippen LogP contribution in [0.2, 0.25) is 5.02 Å². The lowest BCUT2D eigenvalue weighted by Gasteiger charge is -2.20. The van der Waals surface area contributed by atoms with Crippen LogP contribution < -0.4 is 10.6 Å². The van der Waals surface area contributed by atoms with Crippen LogP contribution in [0.4, 0.5) is 11.8 Å². The summed E-state index contributed by atoms with van der Waals surface area (Å²) in [6, 6.07) is 1.93. The normalized spacial score (nSPS) is 28.9. The lowest BCUT2D eigenvalue weighted by molar-refractivity contribution is -0.129. The fourth-order valence-electron chi connectivity index (χ4n) is 4.36. The van der Waals surface area contributed by atoms with E-state index in [1.54, 1.807) is 17.4 Å². The molecule has 4 rings (SSSR count). The van der Waals surface area contributed by atoms with Gasteiger partial charge in [-0.1, -0.05) is 23.4 Å². The van der Waals surface area contributed by atoms with Crippen molar-refractivity contribution in [1.82, 2.24) is 19.9 Å². The van der Waals surface area contributed by atoms with Crippen molar-refractivity contribution < 1.29 is 4.79 Å². The van der Waals surface area contributed by atoms with Crippen LogP contribution in [0.1, 0.15) is 26.2 Å². The van der Waals surface area contributed by atoms with Gasteiger partial charge in [-0.05, 0) is 31.6 Å². The zero-order valence-corrected chi connectivity index (χ0v) is 18.3. The maximum atomic E-state index is 12.0. The van der Waals surface area contributed by atoms with Gasteiger partial charge in [0.15, 0.2) is 5.82 Å². The molecule has 0 radical (unpaired) electrons. The molecular weight excluding hydrogens is 416 g/mol. The number of fused-ring (bicyclic) bond motifs is 1. The van der Waals surface area contributed by atoms with E-state index in [-0.39, 0.29) is 30.5 Å². The van der Waals surface area contributed by atoms with E-state index in [0.29, 0.717) is 28.6 Å². The summed E-state index contributed by atoms with van der Waals surface area (Å²) in [6.07, 6.45) is 5.15. The van der Waals surface area contributed by atoms with Crippen LogP contribution in [0.25, 0.3) is 0 Å².